The van der Waals surface area contributed by atoms with Crippen LogP contribution in [0.4, 0.5) is 0 Å². The zero-order valence-corrected chi connectivity index (χ0v) is 8.52. The number of Topliss-reactive ketones (excluding diaryl/α,β-unsaturated/α-hetero) is 2. The van der Waals surface area contributed by atoms with Crippen LogP contribution in [-0.2, 0) is 14.3 Å². The van der Waals surface area contributed by atoms with Gasteiger partial charge in [-0.15, -0.1) is 13.2 Å². The molecular formula is C10H16N2O3. The van der Waals surface area contributed by atoms with E-state index in [1.165, 1.54) is 12.2 Å². The number of ketones is 2. The molecule has 5 heteroatoms. The number of carbonyl (C=O) groups excluding carboxylic acids is 2. The van der Waals surface area contributed by atoms with Gasteiger partial charge in [0.25, 0.3) is 0 Å². The summed E-state index contributed by atoms with van der Waals surface area (Å²) in [5.74, 6) is -0.691. The molecule has 2 unspecified atom stereocenters. The Morgan fingerprint density at radius 3 is 1.60 bits per heavy atom. The van der Waals surface area contributed by atoms with Gasteiger partial charge in [-0.2, -0.15) is 0 Å². The molecule has 4 N–H and O–H groups in total. The summed E-state index contributed by atoms with van der Waals surface area (Å²) in [7, 11) is 0. The number of ether oxygens (including phenoxy) is 1. The molecule has 0 heterocycles. The minimum atomic E-state index is -0.895. The lowest BCUT2D eigenvalue weighted by atomic mass is 10.2. The lowest BCUT2D eigenvalue weighted by molar-refractivity contribution is -0.135. The van der Waals surface area contributed by atoms with Crippen molar-refractivity contribution >= 4 is 11.6 Å². The smallest absolute Gasteiger partial charge is 0.178 e. The van der Waals surface area contributed by atoms with E-state index in [4.69, 9.17) is 16.2 Å². The third kappa shape index (κ3) is 4.16. The molecule has 0 saturated carbocycles. The molecule has 15 heavy (non-hydrogen) atoms. The van der Waals surface area contributed by atoms with E-state index < -0.39 is 12.2 Å². The third-order valence-electron chi connectivity index (χ3n) is 1.76. The van der Waals surface area contributed by atoms with Gasteiger partial charge in [0, 0.05) is 0 Å². The van der Waals surface area contributed by atoms with Crippen molar-refractivity contribution in [1.82, 2.24) is 0 Å². The molecule has 84 valence electrons. The molecule has 0 radical (unpaired) electrons. The van der Waals surface area contributed by atoms with Crippen molar-refractivity contribution in [3.8, 4) is 0 Å². The maximum Gasteiger partial charge on any atom is 0.178 e. The minimum Gasteiger partial charge on any atom is -0.351 e. The topological polar surface area (TPSA) is 95.4 Å². The van der Waals surface area contributed by atoms with E-state index >= 15 is 0 Å². The lowest BCUT2D eigenvalue weighted by Gasteiger charge is -2.17. The normalized spacial score (nSPS) is 14.0. The molecule has 0 spiro atoms. The van der Waals surface area contributed by atoms with Crippen LogP contribution < -0.4 is 11.5 Å². The van der Waals surface area contributed by atoms with Crippen molar-refractivity contribution in [2.24, 2.45) is 11.5 Å². The van der Waals surface area contributed by atoms with E-state index in [9.17, 15) is 9.59 Å². The highest BCUT2D eigenvalue weighted by molar-refractivity contribution is 5.89. The van der Waals surface area contributed by atoms with Crippen LogP contribution in [0.5, 0.6) is 0 Å². The standard InChI is InChI=1S/C10H16N2O3/c1-3-9(7(13)5-11)15-10(4-2)8(14)6-12/h3-4,9-10H,1-2,5-6,11-12H2. The van der Waals surface area contributed by atoms with E-state index in [1.807, 2.05) is 0 Å². The Hall–Kier alpha value is -1.30. The largest absolute Gasteiger partial charge is 0.351 e. The number of nitrogens with two attached hydrogens (primary N) is 2. The molecule has 0 aromatic rings. The maximum absolute atomic E-state index is 11.2. The van der Waals surface area contributed by atoms with Crippen LogP contribution in [0.2, 0.25) is 0 Å². The summed E-state index contributed by atoms with van der Waals surface area (Å²) in [6.45, 7) is 6.51. The van der Waals surface area contributed by atoms with Gasteiger partial charge in [-0.05, 0) is 0 Å². The summed E-state index contributed by atoms with van der Waals surface area (Å²) in [5.41, 5.74) is 10.3. The average molecular weight is 212 g/mol. The molecular weight excluding hydrogens is 196 g/mol. The molecule has 2 atom stereocenters. The Labute approximate surface area is 88.8 Å². The van der Waals surface area contributed by atoms with Gasteiger partial charge in [-0.3, -0.25) is 9.59 Å². The minimum absolute atomic E-state index is 0.169. The first-order valence-corrected chi connectivity index (χ1v) is 4.46. The molecule has 0 aliphatic carbocycles. The van der Waals surface area contributed by atoms with E-state index in [0.29, 0.717) is 0 Å². The van der Waals surface area contributed by atoms with Crippen molar-refractivity contribution in [1.29, 1.82) is 0 Å². The molecule has 0 bridgehead atoms. The first-order chi connectivity index (χ1) is 7.10. The fourth-order valence-electron chi connectivity index (χ4n) is 0.916. The Bertz CT molecular complexity index is 237. The van der Waals surface area contributed by atoms with Gasteiger partial charge in [-0.1, -0.05) is 12.2 Å². The Balaban J connectivity index is 4.50. The van der Waals surface area contributed by atoms with Gasteiger partial charge < -0.3 is 16.2 Å². The van der Waals surface area contributed by atoms with E-state index in [-0.39, 0.29) is 24.7 Å². The SMILES string of the molecule is C=CC(OC(C=C)C(=O)CN)C(=O)CN. The zero-order chi connectivity index (χ0) is 11.8. The Kier molecular flexibility index (Phi) is 6.44. The first-order valence-electron chi connectivity index (χ1n) is 4.46. The molecule has 0 aromatic carbocycles. The predicted molar refractivity (Wildman–Crippen MR) is 57.2 cm³/mol. The molecule has 0 aromatic heterocycles. The van der Waals surface area contributed by atoms with Crippen molar-refractivity contribution in [2.75, 3.05) is 13.1 Å². The molecule has 0 rings (SSSR count). The van der Waals surface area contributed by atoms with Crippen molar-refractivity contribution in [3.63, 3.8) is 0 Å². The number of hydrogen-bond acceptors (Lipinski definition) is 5. The van der Waals surface area contributed by atoms with Gasteiger partial charge >= 0.3 is 0 Å². The number of hydrogen-bond donors (Lipinski definition) is 2. The van der Waals surface area contributed by atoms with Gasteiger partial charge in [0.1, 0.15) is 12.2 Å². The summed E-state index contributed by atoms with van der Waals surface area (Å²) < 4.78 is 5.16. The zero-order valence-electron chi connectivity index (χ0n) is 8.52. The van der Waals surface area contributed by atoms with Gasteiger partial charge in [0.05, 0.1) is 13.1 Å². The number of rotatable bonds is 8. The van der Waals surface area contributed by atoms with Crippen molar-refractivity contribution in [3.05, 3.63) is 25.3 Å². The third-order valence-corrected chi connectivity index (χ3v) is 1.76. The number of carbonyl (C=O) groups is 2. The van der Waals surface area contributed by atoms with Gasteiger partial charge in [0.2, 0.25) is 0 Å². The van der Waals surface area contributed by atoms with E-state index in [2.05, 4.69) is 13.2 Å². The second-order valence-corrected chi connectivity index (χ2v) is 2.79. The summed E-state index contributed by atoms with van der Waals surface area (Å²) in [6.07, 6.45) is 0.785. The highest BCUT2D eigenvalue weighted by atomic mass is 16.5. The van der Waals surface area contributed by atoms with Crippen LogP contribution >= 0.6 is 0 Å². The van der Waals surface area contributed by atoms with Crippen LogP contribution in [0.15, 0.2) is 25.3 Å². The Morgan fingerprint density at radius 2 is 1.40 bits per heavy atom. The van der Waals surface area contributed by atoms with Crippen LogP contribution in [0.1, 0.15) is 0 Å². The summed E-state index contributed by atoms with van der Waals surface area (Å²) >= 11 is 0. The molecule has 0 aliphatic heterocycles. The molecule has 5 nitrogen and oxygen atoms in total. The highest BCUT2D eigenvalue weighted by Crippen LogP contribution is 2.03. The van der Waals surface area contributed by atoms with E-state index in [1.54, 1.807) is 0 Å². The fraction of sp³-hybridized carbons (Fsp3) is 0.400. The van der Waals surface area contributed by atoms with Crippen LogP contribution in [0, 0.1) is 0 Å². The van der Waals surface area contributed by atoms with Crippen LogP contribution in [0.25, 0.3) is 0 Å². The molecule has 0 aliphatic rings. The van der Waals surface area contributed by atoms with Gasteiger partial charge in [-0.25, -0.2) is 0 Å². The highest BCUT2D eigenvalue weighted by Gasteiger charge is 2.21. The Morgan fingerprint density at radius 1 is 1.07 bits per heavy atom. The summed E-state index contributed by atoms with van der Waals surface area (Å²) in [4.78, 5) is 22.4. The van der Waals surface area contributed by atoms with Crippen molar-refractivity contribution < 1.29 is 14.3 Å². The molecule has 0 saturated heterocycles. The first kappa shape index (κ1) is 13.7. The monoisotopic (exact) mass is 212 g/mol. The quantitative estimate of drug-likeness (QED) is 0.512. The second kappa shape index (κ2) is 7.05. The maximum atomic E-state index is 11.2. The molecule has 0 fully saturated rings. The fourth-order valence-corrected chi connectivity index (χ4v) is 0.916. The van der Waals surface area contributed by atoms with Crippen LogP contribution in [0.3, 0.4) is 0 Å². The average Bonchev–Trinajstić information content (AvgIpc) is 2.28. The predicted octanol–water partition coefficient (Wildman–Crippen LogP) is -0.832. The lowest BCUT2D eigenvalue weighted by Crippen LogP contribution is -2.37. The molecule has 0 amide bonds. The van der Waals surface area contributed by atoms with Gasteiger partial charge in [0.15, 0.2) is 11.6 Å². The summed E-state index contributed by atoms with van der Waals surface area (Å²) in [5, 5.41) is 0. The second-order valence-electron chi connectivity index (χ2n) is 2.79. The van der Waals surface area contributed by atoms with Crippen molar-refractivity contribution in [2.45, 2.75) is 12.2 Å². The summed E-state index contributed by atoms with van der Waals surface area (Å²) in [6, 6.07) is 0. The van der Waals surface area contributed by atoms with Crippen LogP contribution in [-0.4, -0.2) is 36.9 Å². The van der Waals surface area contributed by atoms with E-state index in [0.717, 1.165) is 0 Å².